The van der Waals surface area contributed by atoms with Crippen LogP contribution in [0.2, 0.25) is 5.02 Å². The van der Waals surface area contributed by atoms with E-state index in [9.17, 15) is 8.42 Å². The van der Waals surface area contributed by atoms with Gasteiger partial charge in [-0.2, -0.15) is 0 Å². The smallest absolute Gasteiger partial charge is 0.243 e. The zero-order valence-electron chi connectivity index (χ0n) is 10.5. The van der Waals surface area contributed by atoms with Crippen LogP contribution < -0.4 is 4.72 Å². The fraction of sp³-hybridized carbons (Fsp3) is 0.154. The van der Waals surface area contributed by atoms with E-state index in [0.29, 0.717) is 12.3 Å². The van der Waals surface area contributed by atoms with E-state index in [-0.39, 0.29) is 9.92 Å². The first-order valence-corrected chi connectivity index (χ1v) is 8.71. The number of thioether (sulfide) groups is 1. The van der Waals surface area contributed by atoms with Crippen LogP contribution in [0, 0.1) is 0 Å². The quantitative estimate of drug-likeness (QED) is 0.654. The standard InChI is InChI=1S/C13H13ClN2O2S2/c14-12-6-7-15-10-13(12)20(17,18)16-8-9-19-11-4-2-1-3-5-11/h1-7,10,16H,8-9H2. The summed E-state index contributed by atoms with van der Waals surface area (Å²) in [5.41, 5.74) is 0. The molecule has 0 unspecified atom stereocenters. The van der Waals surface area contributed by atoms with Crippen molar-refractivity contribution >= 4 is 33.4 Å². The topological polar surface area (TPSA) is 59.1 Å². The molecule has 1 aromatic heterocycles. The molecule has 0 saturated carbocycles. The SMILES string of the molecule is O=S(=O)(NCCSc1ccccc1)c1cnccc1Cl. The van der Waals surface area contributed by atoms with Crippen LogP contribution in [0.4, 0.5) is 0 Å². The van der Waals surface area contributed by atoms with Crippen LogP contribution >= 0.6 is 23.4 Å². The number of nitrogens with one attached hydrogen (secondary N) is 1. The molecule has 1 aromatic carbocycles. The lowest BCUT2D eigenvalue weighted by atomic mass is 10.4. The van der Waals surface area contributed by atoms with Gasteiger partial charge < -0.3 is 0 Å². The summed E-state index contributed by atoms with van der Waals surface area (Å²) in [6.07, 6.45) is 2.70. The van der Waals surface area contributed by atoms with Crippen molar-refractivity contribution in [1.29, 1.82) is 0 Å². The zero-order chi connectivity index (χ0) is 14.4. The predicted octanol–water partition coefficient (Wildman–Crippen LogP) is 2.81. The van der Waals surface area contributed by atoms with Gasteiger partial charge in [0.15, 0.2) is 0 Å². The van der Waals surface area contributed by atoms with Gasteiger partial charge in [-0.05, 0) is 18.2 Å². The molecule has 2 aromatic rings. The molecular formula is C13H13ClN2O2S2. The Hall–Kier alpha value is -1.08. The summed E-state index contributed by atoms with van der Waals surface area (Å²) in [5.74, 6) is 0.640. The molecule has 106 valence electrons. The van der Waals surface area contributed by atoms with Crippen LogP contribution in [-0.2, 0) is 10.0 Å². The number of rotatable bonds is 6. The van der Waals surface area contributed by atoms with E-state index in [0.717, 1.165) is 4.90 Å². The highest BCUT2D eigenvalue weighted by Gasteiger charge is 2.17. The van der Waals surface area contributed by atoms with Crippen LogP contribution in [-0.4, -0.2) is 25.7 Å². The maximum absolute atomic E-state index is 12.0. The van der Waals surface area contributed by atoms with Gasteiger partial charge in [-0.15, -0.1) is 11.8 Å². The largest absolute Gasteiger partial charge is 0.263 e. The van der Waals surface area contributed by atoms with Gasteiger partial charge in [0.1, 0.15) is 4.90 Å². The van der Waals surface area contributed by atoms with Crippen molar-refractivity contribution in [3.63, 3.8) is 0 Å². The lowest BCUT2D eigenvalue weighted by Crippen LogP contribution is -2.26. The van der Waals surface area contributed by atoms with Crippen LogP contribution in [0.15, 0.2) is 58.6 Å². The number of hydrogen-bond donors (Lipinski definition) is 1. The first kappa shape index (κ1) is 15.3. The molecule has 0 spiro atoms. The highest BCUT2D eigenvalue weighted by atomic mass is 35.5. The van der Waals surface area contributed by atoms with E-state index >= 15 is 0 Å². The third-order valence-corrected chi connectivity index (χ3v) is 5.37. The molecule has 4 nitrogen and oxygen atoms in total. The summed E-state index contributed by atoms with van der Waals surface area (Å²) in [5, 5.41) is 0.170. The number of pyridine rings is 1. The second-order valence-corrected chi connectivity index (χ2v) is 7.18. The van der Waals surface area contributed by atoms with Crippen molar-refractivity contribution in [2.75, 3.05) is 12.3 Å². The molecule has 1 heterocycles. The van der Waals surface area contributed by atoms with Gasteiger partial charge >= 0.3 is 0 Å². The summed E-state index contributed by atoms with van der Waals surface area (Å²) in [4.78, 5) is 4.89. The van der Waals surface area contributed by atoms with Crippen molar-refractivity contribution < 1.29 is 8.42 Å². The average Bonchev–Trinajstić information content (AvgIpc) is 2.45. The van der Waals surface area contributed by atoms with Crippen molar-refractivity contribution in [3.05, 3.63) is 53.8 Å². The molecule has 2 rings (SSSR count). The predicted molar refractivity (Wildman–Crippen MR) is 81.6 cm³/mol. The molecular weight excluding hydrogens is 316 g/mol. The number of nitrogens with zero attached hydrogens (tertiary/aromatic N) is 1. The number of sulfonamides is 1. The molecule has 0 aliphatic carbocycles. The fourth-order valence-corrected chi connectivity index (χ4v) is 3.88. The molecule has 0 saturated heterocycles. The highest BCUT2D eigenvalue weighted by molar-refractivity contribution is 7.99. The van der Waals surface area contributed by atoms with E-state index in [2.05, 4.69) is 9.71 Å². The lowest BCUT2D eigenvalue weighted by molar-refractivity contribution is 0.584. The van der Waals surface area contributed by atoms with Gasteiger partial charge in [-0.1, -0.05) is 29.8 Å². The summed E-state index contributed by atoms with van der Waals surface area (Å²) in [6.45, 7) is 0.327. The number of benzene rings is 1. The Kier molecular flexibility index (Phi) is 5.42. The summed E-state index contributed by atoms with van der Waals surface area (Å²) in [6, 6.07) is 11.3. The van der Waals surface area contributed by atoms with E-state index in [1.807, 2.05) is 30.3 Å². The third-order valence-electron chi connectivity index (χ3n) is 2.43. The Bertz CT molecular complexity index is 663. The van der Waals surface area contributed by atoms with Gasteiger partial charge in [0.25, 0.3) is 0 Å². The zero-order valence-corrected chi connectivity index (χ0v) is 12.9. The van der Waals surface area contributed by atoms with Crippen LogP contribution in [0.5, 0.6) is 0 Å². The van der Waals surface area contributed by atoms with Crippen molar-refractivity contribution in [2.45, 2.75) is 9.79 Å². The summed E-state index contributed by atoms with van der Waals surface area (Å²) < 4.78 is 26.6. The highest BCUT2D eigenvalue weighted by Crippen LogP contribution is 2.19. The van der Waals surface area contributed by atoms with E-state index in [1.54, 1.807) is 11.8 Å². The normalized spacial score (nSPS) is 11.4. The van der Waals surface area contributed by atoms with Gasteiger partial charge in [-0.3, -0.25) is 4.98 Å². The molecule has 20 heavy (non-hydrogen) atoms. The number of halogens is 1. The van der Waals surface area contributed by atoms with E-state index in [1.165, 1.54) is 18.5 Å². The lowest BCUT2D eigenvalue weighted by Gasteiger charge is -2.07. The monoisotopic (exact) mass is 328 g/mol. The Balaban J connectivity index is 1.89. The van der Waals surface area contributed by atoms with Crippen molar-refractivity contribution in [3.8, 4) is 0 Å². The van der Waals surface area contributed by atoms with Gasteiger partial charge in [0.05, 0.1) is 5.02 Å². The Labute approximate surface area is 127 Å². The molecule has 0 amide bonds. The van der Waals surface area contributed by atoms with Crippen molar-refractivity contribution in [1.82, 2.24) is 9.71 Å². The van der Waals surface area contributed by atoms with Crippen molar-refractivity contribution in [2.24, 2.45) is 0 Å². The minimum absolute atomic E-state index is 0.00591. The number of aromatic nitrogens is 1. The first-order chi connectivity index (χ1) is 9.59. The minimum Gasteiger partial charge on any atom is -0.263 e. The van der Waals surface area contributed by atoms with Crippen LogP contribution in [0.3, 0.4) is 0 Å². The van der Waals surface area contributed by atoms with Crippen LogP contribution in [0.1, 0.15) is 0 Å². The maximum atomic E-state index is 12.0. The molecule has 1 N–H and O–H groups in total. The first-order valence-electron chi connectivity index (χ1n) is 5.86. The Morgan fingerprint density at radius 2 is 1.95 bits per heavy atom. The second-order valence-electron chi connectivity index (χ2n) is 3.87. The molecule has 0 aliphatic heterocycles. The third kappa shape index (κ3) is 4.21. The average molecular weight is 329 g/mol. The molecule has 0 fully saturated rings. The summed E-state index contributed by atoms with van der Waals surface area (Å²) >= 11 is 7.44. The molecule has 0 atom stereocenters. The molecule has 0 radical (unpaired) electrons. The minimum atomic E-state index is -3.60. The molecule has 0 bridgehead atoms. The van der Waals surface area contributed by atoms with E-state index in [4.69, 9.17) is 11.6 Å². The van der Waals surface area contributed by atoms with Gasteiger partial charge in [0, 0.05) is 29.6 Å². The molecule has 7 heteroatoms. The van der Waals surface area contributed by atoms with Gasteiger partial charge in [-0.25, -0.2) is 13.1 Å². The van der Waals surface area contributed by atoms with Crippen LogP contribution in [0.25, 0.3) is 0 Å². The summed E-state index contributed by atoms with van der Waals surface area (Å²) in [7, 11) is -3.60. The number of hydrogen-bond acceptors (Lipinski definition) is 4. The Morgan fingerprint density at radius 1 is 1.20 bits per heavy atom. The fourth-order valence-electron chi connectivity index (χ4n) is 1.50. The van der Waals surface area contributed by atoms with Gasteiger partial charge in [0.2, 0.25) is 10.0 Å². The van der Waals surface area contributed by atoms with E-state index < -0.39 is 10.0 Å². The maximum Gasteiger partial charge on any atom is 0.243 e. The second kappa shape index (κ2) is 7.08. The molecule has 0 aliphatic rings. The Morgan fingerprint density at radius 3 is 2.65 bits per heavy atom.